The molecule has 0 saturated carbocycles. The molecular weight excluding hydrogens is 274 g/mol. The highest BCUT2D eigenvalue weighted by molar-refractivity contribution is 6.20. The summed E-state index contributed by atoms with van der Waals surface area (Å²) < 4.78 is 7.53. The Balaban J connectivity index is 2.68. The van der Waals surface area contributed by atoms with Gasteiger partial charge in [-0.05, 0) is 32.9 Å². The lowest BCUT2D eigenvalue weighted by Crippen LogP contribution is -2.29. The predicted molar refractivity (Wildman–Crippen MR) is 79.8 cm³/mol. The molecule has 2 aromatic rings. The van der Waals surface area contributed by atoms with Gasteiger partial charge in [0.1, 0.15) is 17.4 Å². The number of nitriles is 1. The zero-order valence-corrected chi connectivity index (χ0v) is 12.9. The molecule has 0 saturated heterocycles. The van der Waals surface area contributed by atoms with Crippen LogP contribution in [0.25, 0.3) is 11.0 Å². The summed E-state index contributed by atoms with van der Waals surface area (Å²) in [5.41, 5.74) is 1.84. The third-order valence-corrected chi connectivity index (χ3v) is 3.57. The Bertz CT molecular complexity index is 668. The number of rotatable bonds is 4. The molecule has 0 radical (unpaired) electrons. The van der Waals surface area contributed by atoms with E-state index in [1.807, 2.05) is 37.5 Å². The molecule has 4 nitrogen and oxygen atoms in total. The van der Waals surface area contributed by atoms with Crippen molar-refractivity contribution in [1.82, 2.24) is 9.55 Å². The summed E-state index contributed by atoms with van der Waals surface area (Å²) in [6.07, 6.45) is 0. The Morgan fingerprint density at radius 2 is 2.20 bits per heavy atom. The second kappa shape index (κ2) is 5.43. The number of alkyl halides is 1. The van der Waals surface area contributed by atoms with Crippen LogP contribution in [0.2, 0.25) is 0 Å². The molecule has 0 spiro atoms. The molecule has 1 atom stereocenters. The fraction of sp³-hybridized carbons (Fsp3) is 0.467. The Morgan fingerprint density at radius 1 is 1.50 bits per heavy atom. The summed E-state index contributed by atoms with van der Waals surface area (Å²) in [6.45, 7) is 6.53. The van der Waals surface area contributed by atoms with Crippen molar-refractivity contribution in [3.8, 4) is 6.07 Å². The summed E-state index contributed by atoms with van der Waals surface area (Å²) in [5, 5.41) is 8.96. The fourth-order valence-electron chi connectivity index (χ4n) is 2.17. The van der Waals surface area contributed by atoms with E-state index in [4.69, 9.17) is 16.3 Å². The van der Waals surface area contributed by atoms with Gasteiger partial charge >= 0.3 is 0 Å². The molecule has 1 aromatic carbocycles. The van der Waals surface area contributed by atoms with Crippen molar-refractivity contribution >= 4 is 22.6 Å². The van der Waals surface area contributed by atoms with E-state index in [-0.39, 0.29) is 11.0 Å². The second-order valence-corrected chi connectivity index (χ2v) is 6.08. The number of nitrogens with zero attached hydrogens (tertiary/aromatic N) is 3. The number of ether oxygens (including phenoxy) is 1. The Morgan fingerprint density at radius 3 is 2.75 bits per heavy atom. The van der Waals surface area contributed by atoms with E-state index < -0.39 is 0 Å². The maximum atomic E-state index is 9.20. The van der Waals surface area contributed by atoms with Crippen LogP contribution in [0.5, 0.6) is 0 Å². The minimum absolute atomic E-state index is 0.235. The Labute approximate surface area is 123 Å². The molecule has 106 valence electrons. The molecule has 0 aliphatic rings. The van der Waals surface area contributed by atoms with Gasteiger partial charge in [0.05, 0.1) is 28.6 Å². The van der Waals surface area contributed by atoms with Crippen molar-refractivity contribution in [2.24, 2.45) is 0 Å². The van der Waals surface area contributed by atoms with E-state index in [1.165, 1.54) is 0 Å². The van der Waals surface area contributed by atoms with Gasteiger partial charge in [-0.3, -0.25) is 0 Å². The normalized spacial score (nSPS) is 13.4. The van der Waals surface area contributed by atoms with Crippen molar-refractivity contribution in [2.45, 2.75) is 38.3 Å². The minimum atomic E-state index is -0.337. The van der Waals surface area contributed by atoms with E-state index in [9.17, 15) is 5.26 Å². The second-order valence-electron chi connectivity index (χ2n) is 5.42. The van der Waals surface area contributed by atoms with Crippen LogP contribution in [0.15, 0.2) is 18.2 Å². The lowest BCUT2D eigenvalue weighted by atomic mass is 10.1. The highest BCUT2D eigenvalue weighted by Crippen LogP contribution is 2.28. The first-order chi connectivity index (χ1) is 9.39. The third-order valence-electron chi connectivity index (χ3n) is 3.38. The summed E-state index contributed by atoms with van der Waals surface area (Å²) >= 11 is 6.24. The highest BCUT2D eigenvalue weighted by Gasteiger charge is 2.23. The number of fused-ring (bicyclic) bond motifs is 1. The van der Waals surface area contributed by atoms with Crippen LogP contribution in [-0.2, 0) is 11.3 Å². The topological polar surface area (TPSA) is 50.8 Å². The van der Waals surface area contributed by atoms with Gasteiger partial charge in [-0.25, -0.2) is 4.98 Å². The number of halogens is 1. The van der Waals surface area contributed by atoms with Gasteiger partial charge in [0.2, 0.25) is 0 Å². The van der Waals surface area contributed by atoms with E-state index in [0.717, 1.165) is 11.3 Å². The summed E-state index contributed by atoms with van der Waals surface area (Å²) in [5.74, 6) is 0.759. The van der Waals surface area contributed by atoms with Gasteiger partial charge in [0, 0.05) is 7.11 Å². The number of imidazole rings is 1. The smallest absolute Gasteiger partial charge is 0.127 e. The minimum Gasteiger partial charge on any atom is -0.377 e. The first kappa shape index (κ1) is 14.8. The van der Waals surface area contributed by atoms with Crippen LogP contribution < -0.4 is 0 Å². The van der Waals surface area contributed by atoms with Gasteiger partial charge in [-0.15, -0.1) is 11.6 Å². The average molecular weight is 292 g/mol. The maximum Gasteiger partial charge on any atom is 0.127 e. The van der Waals surface area contributed by atoms with Gasteiger partial charge in [-0.2, -0.15) is 5.26 Å². The number of para-hydroxylation sites is 1. The summed E-state index contributed by atoms with van der Waals surface area (Å²) in [7, 11) is 1.68. The Hall–Kier alpha value is -1.57. The van der Waals surface area contributed by atoms with Crippen LogP contribution >= 0.6 is 11.6 Å². The standard InChI is InChI=1S/C15H18ClN3O/c1-10(16)14-18-13-11(8-17)6-5-7-12(13)19(14)9-15(2,3)20-4/h5-7,10H,9H2,1-4H3. The molecule has 20 heavy (non-hydrogen) atoms. The molecule has 1 aromatic heterocycles. The van der Waals surface area contributed by atoms with Crippen molar-refractivity contribution in [3.63, 3.8) is 0 Å². The molecule has 0 aliphatic heterocycles. The van der Waals surface area contributed by atoms with Crippen molar-refractivity contribution in [3.05, 3.63) is 29.6 Å². The lowest BCUT2D eigenvalue weighted by Gasteiger charge is -2.25. The van der Waals surface area contributed by atoms with E-state index in [2.05, 4.69) is 11.1 Å². The molecular formula is C15H18ClN3O. The van der Waals surface area contributed by atoms with Crippen molar-refractivity contribution in [2.75, 3.05) is 7.11 Å². The number of aromatic nitrogens is 2. The van der Waals surface area contributed by atoms with E-state index in [1.54, 1.807) is 13.2 Å². The fourth-order valence-corrected chi connectivity index (χ4v) is 2.34. The zero-order chi connectivity index (χ0) is 14.9. The van der Waals surface area contributed by atoms with Crippen LogP contribution in [0.3, 0.4) is 0 Å². The number of hydrogen-bond donors (Lipinski definition) is 0. The van der Waals surface area contributed by atoms with Gasteiger partial charge in [-0.1, -0.05) is 6.07 Å². The van der Waals surface area contributed by atoms with Crippen LogP contribution in [0.4, 0.5) is 0 Å². The molecule has 0 aliphatic carbocycles. The van der Waals surface area contributed by atoms with Crippen LogP contribution in [0.1, 0.15) is 37.5 Å². The first-order valence-electron chi connectivity index (χ1n) is 6.48. The quantitative estimate of drug-likeness (QED) is 0.808. The highest BCUT2D eigenvalue weighted by atomic mass is 35.5. The van der Waals surface area contributed by atoms with E-state index >= 15 is 0 Å². The molecule has 0 amide bonds. The average Bonchev–Trinajstić information content (AvgIpc) is 2.77. The monoisotopic (exact) mass is 291 g/mol. The number of methoxy groups -OCH3 is 1. The molecule has 0 bridgehead atoms. The van der Waals surface area contributed by atoms with Crippen molar-refractivity contribution < 1.29 is 4.74 Å². The number of benzene rings is 1. The third kappa shape index (κ3) is 2.65. The van der Waals surface area contributed by atoms with Crippen molar-refractivity contribution in [1.29, 1.82) is 5.26 Å². The maximum absolute atomic E-state index is 9.20. The first-order valence-corrected chi connectivity index (χ1v) is 6.91. The predicted octanol–water partition coefficient (Wildman–Crippen LogP) is 3.63. The Kier molecular flexibility index (Phi) is 4.03. The van der Waals surface area contributed by atoms with Gasteiger partial charge in [0.15, 0.2) is 0 Å². The molecule has 1 heterocycles. The molecule has 0 N–H and O–H groups in total. The van der Waals surface area contributed by atoms with Crippen LogP contribution in [-0.4, -0.2) is 22.3 Å². The van der Waals surface area contributed by atoms with Crippen LogP contribution in [0, 0.1) is 11.3 Å². The van der Waals surface area contributed by atoms with Gasteiger partial charge in [0.25, 0.3) is 0 Å². The van der Waals surface area contributed by atoms with E-state index in [0.29, 0.717) is 17.6 Å². The van der Waals surface area contributed by atoms with Gasteiger partial charge < -0.3 is 9.30 Å². The zero-order valence-electron chi connectivity index (χ0n) is 12.1. The molecule has 5 heteroatoms. The molecule has 0 fully saturated rings. The summed E-state index contributed by atoms with van der Waals surface area (Å²) in [4.78, 5) is 4.55. The molecule has 2 rings (SSSR count). The molecule has 1 unspecified atom stereocenters. The summed E-state index contributed by atoms with van der Waals surface area (Å²) in [6, 6.07) is 7.76. The largest absolute Gasteiger partial charge is 0.377 e. The lowest BCUT2D eigenvalue weighted by molar-refractivity contribution is 0.00842. The number of hydrogen-bond acceptors (Lipinski definition) is 3. The SMILES string of the molecule is COC(C)(C)Cn1c(C(C)Cl)nc2c(C#N)cccc21.